The topological polar surface area (TPSA) is 112 Å². The van der Waals surface area contributed by atoms with Crippen molar-refractivity contribution in [3.8, 4) is 0 Å². The SMILES string of the molecule is C=C1C(=O)[C@]23[C@H](O)[C@H]1CC[C@H]2[C@@]12CO[C@@]3(O)[C@@H](O)[C@@H]1C(C)(C)Cc1sc(NC3CCCCC3)nc12. The van der Waals surface area contributed by atoms with Gasteiger partial charge in [0.05, 0.1) is 18.4 Å². The third-order valence-electron chi connectivity index (χ3n) is 10.8. The van der Waals surface area contributed by atoms with Crippen LogP contribution >= 0.6 is 11.3 Å². The molecule has 0 unspecified atom stereocenters. The van der Waals surface area contributed by atoms with Crippen LogP contribution in [0, 0.1) is 28.6 Å². The first-order chi connectivity index (χ1) is 16.6. The summed E-state index contributed by atoms with van der Waals surface area (Å²) in [5.74, 6) is -3.58. The van der Waals surface area contributed by atoms with Crippen LogP contribution in [-0.4, -0.2) is 56.7 Å². The van der Waals surface area contributed by atoms with Gasteiger partial charge in [0.1, 0.15) is 11.5 Å². The largest absolute Gasteiger partial charge is 0.391 e. The van der Waals surface area contributed by atoms with Crippen LogP contribution in [-0.2, 0) is 21.4 Å². The van der Waals surface area contributed by atoms with Crippen molar-refractivity contribution in [3.63, 3.8) is 0 Å². The number of fused-ring (bicyclic) bond motifs is 3. The Labute approximate surface area is 210 Å². The van der Waals surface area contributed by atoms with E-state index in [2.05, 4.69) is 25.7 Å². The molecule has 6 fully saturated rings. The minimum Gasteiger partial charge on any atom is -0.391 e. The van der Waals surface area contributed by atoms with Crippen molar-refractivity contribution < 1.29 is 24.9 Å². The predicted octanol–water partition coefficient (Wildman–Crippen LogP) is 2.93. The third-order valence-corrected chi connectivity index (χ3v) is 11.8. The molecule has 7 nitrogen and oxygen atoms in total. The predicted molar refractivity (Wildman–Crippen MR) is 131 cm³/mol. The molecule has 2 aliphatic heterocycles. The van der Waals surface area contributed by atoms with Gasteiger partial charge in [0.2, 0.25) is 5.79 Å². The molecule has 4 saturated carbocycles. The maximum atomic E-state index is 13.9. The Morgan fingerprint density at radius 1 is 1.11 bits per heavy atom. The van der Waals surface area contributed by atoms with Gasteiger partial charge < -0.3 is 25.4 Å². The number of Topliss-reactive ketones (excluding diaryl/α,β-unsaturated/α-hetero) is 1. The highest BCUT2D eigenvalue weighted by molar-refractivity contribution is 7.15. The van der Waals surface area contributed by atoms with E-state index in [1.165, 1.54) is 24.1 Å². The number of anilines is 1. The Morgan fingerprint density at radius 3 is 2.60 bits per heavy atom. The highest BCUT2D eigenvalue weighted by atomic mass is 32.1. The van der Waals surface area contributed by atoms with Gasteiger partial charge in [-0.1, -0.05) is 39.7 Å². The summed E-state index contributed by atoms with van der Waals surface area (Å²) in [6.07, 6.45) is 5.68. The smallest absolute Gasteiger partial charge is 0.208 e. The number of ether oxygens (including phenoxy) is 1. The summed E-state index contributed by atoms with van der Waals surface area (Å²) >= 11 is 1.69. The lowest BCUT2D eigenvalue weighted by Crippen LogP contribution is -2.85. The highest BCUT2D eigenvalue weighted by Gasteiger charge is 2.86. The van der Waals surface area contributed by atoms with E-state index in [9.17, 15) is 20.1 Å². The molecule has 4 N–H and O–H groups in total. The van der Waals surface area contributed by atoms with E-state index in [-0.39, 0.29) is 29.6 Å². The average Bonchev–Trinajstić information content (AvgIpc) is 3.24. The Hall–Kier alpha value is -1.32. The second kappa shape index (κ2) is 6.95. The maximum absolute atomic E-state index is 13.9. The van der Waals surface area contributed by atoms with Gasteiger partial charge in [0.25, 0.3) is 0 Å². The summed E-state index contributed by atoms with van der Waals surface area (Å²) in [5.41, 5.74) is -1.44. The Balaban J connectivity index is 1.42. The Kier molecular flexibility index (Phi) is 4.54. The number of carbonyl (C=O) groups is 1. The molecule has 190 valence electrons. The van der Waals surface area contributed by atoms with Gasteiger partial charge in [0.15, 0.2) is 10.9 Å². The molecule has 8 rings (SSSR count). The van der Waals surface area contributed by atoms with Crippen LogP contribution in [0.5, 0.6) is 0 Å². The molecule has 7 aliphatic rings. The minimum absolute atomic E-state index is 0.192. The van der Waals surface area contributed by atoms with E-state index in [0.29, 0.717) is 24.5 Å². The summed E-state index contributed by atoms with van der Waals surface area (Å²) in [5, 5.41) is 40.0. The molecule has 2 spiro atoms. The van der Waals surface area contributed by atoms with Crippen molar-refractivity contribution in [2.75, 3.05) is 11.9 Å². The molecule has 0 aromatic carbocycles. The van der Waals surface area contributed by atoms with Crippen molar-refractivity contribution in [1.29, 1.82) is 0 Å². The molecule has 8 atom stereocenters. The lowest BCUT2D eigenvalue weighted by molar-refractivity contribution is -0.429. The van der Waals surface area contributed by atoms with E-state index in [4.69, 9.17) is 9.72 Å². The quantitative estimate of drug-likeness (QED) is 0.462. The molecule has 1 aromatic heterocycles. The Morgan fingerprint density at radius 2 is 1.86 bits per heavy atom. The van der Waals surface area contributed by atoms with Crippen molar-refractivity contribution in [3.05, 3.63) is 22.7 Å². The Bertz CT molecular complexity index is 1130. The first-order valence-electron chi connectivity index (χ1n) is 13.3. The van der Waals surface area contributed by atoms with Crippen molar-refractivity contribution in [2.45, 2.75) is 94.7 Å². The molecule has 0 radical (unpaired) electrons. The van der Waals surface area contributed by atoms with Crippen molar-refractivity contribution in [1.82, 2.24) is 4.98 Å². The minimum atomic E-state index is -2.13. The molecule has 35 heavy (non-hydrogen) atoms. The summed E-state index contributed by atoms with van der Waals surface area (Å²) in [4.78, 5) is 20.2. The second-order valence-corrected chi connectivity index (χ2v) is 13.9. The summed E-state index contributed by atoms with van der Waals surface area (Å²) in [6, 6.07) is 0.422. The normalized spacial score (nSPS) is 47.9. The molecular weight excluding hydrogens is 464 g/mol. The maximum Gasteiger partial charge on any atom is 0.208 e. The fourth-order valence-electron chi connectivity index (χ4n) is 9.58. The van der Waals surface area contributed by atoms with Gasteiger partial charge in [-0.2, -0.15) is 0 Å². The van der Waals surface area contributed by atoms with Crippen molar-refractivity contribution >= 4 is 22.3 Å². The summed E-state index contributed by atoms with van der Waals surface area (Å²) < 4.78 is 6.15. The van der Waals surface area contributed by atoms with Crippen LogP contribution in [0.3, 0.4) is 0 Å². The second-order valence-electron chi connectivity index (χ2n) is 12.8. The van der Waals surface area contributed by atoms with E-state index in [1.54, 1.807) is 11.3 Å². The van der Waals surface area contributed by atoms with Crippen LogP contribution in [0.25, 0.3) is 0 Å². The summed E-state index contributed by atoms with van der Waals surface area (Å²) in [6.45, 7) is 8.50. The fourth-order valence-corrected chi connectivity index (χ4v) is 10.9. The van der Waals surface area contributed by atoms with Crippen LogP contribution in [0.2, 0.25) is 0 Å². The molecule has 0 amide bonds. The van der Waals surface area contributed by atoms with Gasteiger partial charge in [-0.15, -0.1) is 11.3 Å². The third kappa shape index (κ3) is 2.42. The number of nitrogens with zero attached hydrogens (tertiary/aromatic N) is 1. The number of aliphatic hydroxyl groups is 3. The molecule has 5 aliphatic carbocycles. The van der Waals surface area contributed by atoms with Crippen LogP contribution in [0.15, 0.2) is 12.2 Å². The molecule has 3 heterocycles. The number of rotatable bonds is 2. The number of hydrogen-bond donors (Lipinski definition) is 4. The average molecular weight is 501 g/mol. The monoisotopic (exact) mass is 500 g/mol. The van der Waals surface area contributed by atoms with Gasteiger partial charge in [-0.05, 0) is 49.0 Å². The first-order valence-corrected chi connectivity index (χ1v) is 14.1. The van der Waals surface area contributed by atoms with Crippen LogP contribution < -0.4 is 5.32 Å². The number of aliphatic hydroxyl groups excluding tert-OH is 2. The first kappa shape index (κ1) is 22.8. The van der Waals surface area contributed by atoms with Crippen LogP contribution in [0.4, 0.5) is 5.13 Å². The number of nitrogens with one attached hydrogen (secondary N) is 1. The zero-order valence-electron chi connectivity index (χ0n) is 20.5. The lowest BCUT2D eigenvalue weighted by atomic mass is 9.36. The number of carbonyl (C=O) groups excluding carboxylic acids is 1. The van der Waals surface area contributed by atoms with Gasteiger partial charge in [-0.3, -0.25) is 4.79 Å². The molecule has 2 saturated heterocycles. The number of aromatic nitrogens is 1. The number of thiazole rings is 1. The standard InChI is InChI=1S/C27H36N2O5S/c1-13-15-9-10-17-25-12-34-27(33,26(17,20(13)30)21(15)31)22(32)18(25)24(2,3)11-16-19(25)29-23(35-16)28-14-7-5-4-6-8-14/h14-15,17-18,21-22,31-33H,1,4-12H2,2-3H3,(H,28,29)/t15-,17-,18+,21+,22-,25-,26-,27-/m0/s1. The van der Waals surface area contributed by atoms with Crippen LogP contribution in [0.1, 0.15) is 69.4 Å². The van der Waals surface area contributed by atoms with E-state index in [0.717, 1.165) is 30.1 Å². The zero-order valence-corrected chi connectivity index (χ0v) is 21.4. The molecule has 8 heteroatoms. The molecule has 4 bridgehead atoms. The van der Waals surface area contributed by atoms with E-state index in [1.807, 2.05) is 0 Å². The summed E-state index contributed by atoms with van der Waals surface area (Å²) in [7, 11) is 0. The zero-order chi connectivity index (χ0) is 24.5. The van der Waals surface area contributed by atoms with Crippen molar-refractivity contribution in [2.24, 2.45) is 28.6 Å². The molecule has 1 aromatic rings. The number of ketones is 1. The van der Waals surface area contributed by atoms with Gasteiger partial charge in [-0.25, -0.2) is 4.98 Å². The molecular formula is C27H36N2O5S. The van der Waals surface area contributed by atoms with Gasteiger partial charge in [0, 0.05) is 28.2 Å². The fraction of sp³-hybridized carbons (Fsp3) is 0.778. The van der Waals surface area contributed by atoms with E-state index >= 15 is 0 Å². The lowest BCUT2D eigenvalue weighted by Gasteiger charge is -2.73. The van der Waals surface area contributed by atoms with Gasteiger partial charge >= 0.3 is 0 Å². The number of hydrogen-bond acceptors (Lipinski definition) is 8. The van der Waals surface area contributed by atoms with E-state index < -0.39 is 34.7 Å². The highest BCUT2D eigenvalue weighted by Crippen LogP contribution is 2.75.